The highest BCUT2D eigenvalue weighted by molar-refractivity contribution is 5.94. The van der Waals surface area contributed by atoms with Crippen LogP contribution in [0.1, 0.15) is 22.3 Å². The highest BCUT2D eigenvalue weighted by Crippen LogP contribution is 2.21. The number of halogens is 1. The quantitative estimate of drug-likeness (QED) is 0.921. The molecule has 126 valence electrons. The third kappa shape index (κ3) is 3.50. The molecular weight excluding hydrogens is 307 g/mol. The number of carbonyl (C=O) groups excluding carboxylic acids is 1. The molecule has 0 unspecified atom stereocenters. The number of nitrogens with zero attached hydrogens (tertiary/aromatic N) is 2. The van der Waals surface area contributed by atoms with Crippen LogP contribution in [0.3, 0.4) is 0 Å². The zero-order valence-electron chi connectivity index (χ0n) is 13.7. The van der Waals surface area contributed by atoms with Crippen LogP contribution < -0.4 is 4.90 Å². The zero-order valence-corrected chi connectivity index (χ0v) is 13.7. The molecular formula is C19H21FN2O2. The van der Waals surface area contributed by atoms with E-state index in [1.807, 2.05) is 4.90 Å². The molecule has 1 saturated heterocycles. The van der Waals surface area contributed by atoms with Gasteiger partial charge in [0, 0.05) is 37.4 Å². The summed E-state index contributed by atoms with van der Waals surface area (Å²) < 4.78 is 13.1. The van der Waals surface area contributed by atoms with Gasteiger partial charge in [0.05, 0.1) is 0 Å². The second-order valence-electron chi connectivity index (χ2n) is 6.11. The van der Waals surface area contributed by atoms with Gasteiger partial charge in [-0.2, -0.15) is 0 Å². The van der Waals surface area contributed by atoms with Crippen molar-refractivity contribution in [3.05, 3.63) is 59.4 Å². The number of carbonyl (C=O) groups is 1. The van der Waals surface area contributed by atoms with Crippen molar-refractivity contribution in [1.82, 2.24) is 4.90 Å². The Hall–Kier alpha value is -2.56. The summed E-state index contributed by atoms with van der Waals surface area (Å²) >= 11 is 0. The van der Waals surface area contributed by atoms with Gasteiger partial charge >= 0.3 is 0 Å². The molecule has 1 heterocycles. The Labute approximate surface area is 141 Å². The van der Waals surface area contributed by atoms with Gasteiger partial charge in [-0.25, -0.2) is 4.39 Å². The van der Waals surface area contributed by atoms with E-state index in [1.165, 1.54) is 18.2 Å². The van der Waals surface area contributed by atoms with Crippen LogP contribution in [0.2, 0.25) is 0 Å². The maximum Gasteiger partial charge on any atom is 0.254 e. The predicted molar refractivity (Wildman–Crippen MR) is 92.0 cm³/mol. The molecule has 5 heteroatoms. The molecule has 1 fully saturated rings. The molecule has 1 aliphatic rings. The monoisotopic (exact) mass is 328 g/mol. The summed E-state index contributed by atoms with van der Waals surface area (Å²) in [5, 5.41) is 9.81. The molecule has 0 spiro atoms. The number of phenols is 1. The van der Waals surface area contributed by atoms with Crippen LogP contribution in [0.15, 0.2) is 42.5 Å². The van der Waals surface area contributed by atoms with Crippen molar-refractivity contribution in [3.63, 3.8) is 0 Å². The van der Waals surface area contributed by atoms with E-state index in [0.29, 0.717) is 25.2 Å². The summed E-state index contributed by atoms with van der Waals surface area (Å²) in [7, 11) is 0. The first-order valence-corrected chi connectivity index (χ1v) is 8.14. The molecule has 24 heavy (non-hydrogen) atoms. The van der Waals surface area contributed by atoms with E-state index >= 15 is 0 Å². The Morgan fingerprint density at radius 3 is 2.50 bits per heavy atom. The fraction of sp³-hybridized carbons (Fsp3) is 0.316. The van der Waals surface area contributed by atoms with Crippen molar-refractivity contribution < 1.29 is 14.3 Å². The molecule has 4 nitrogen and oxygen atoms in total. The van der Waals surface area contributed by atoms with Crippen LogP contribution >= 0.6 is 0 Å². The lowest BCUT2D eigenvalue weighted by Gasteiger charge is -2.24. The van der Waals surface area contributed by atoms with Gasteiger partial charge in [-0.3, -0.25) is 4.79 Å². The maximum atomic E-state index is 13.1. The summed E-state index contributed by atoms with van der Waals surface area (Å²) in [5.41, 5.74) is 2.23. The third-order valence-corrected chi connectivity index (χ3v) is 4.43. The van der Waals surface area contributed by atoms with Gasteiger partial charge in [0.2, 0.25) is 0 Å². The molecule has 1 aliphatic heterocycles. The smallest absolute Gasteiger partial charge is 0.254 e. The van der Waals surface area contributed by atoms with E-state index in [9.17, 15) is 14.3 Å². The minimum absolute atomic E-state index is 0.0637. The first kappa shape index (κ1) is 16.3. The molecule has 1 N–H and O–H groups in total. The van der Waals surface area contributed by atoms with Crippen LogP contribution in [0, 0.1) is 12.7 Å². The summed E-state index contributed by atoms with van der Waals surface area (Å²) in [4.78, 5) is 16.6. The van der Waals surface area contributed by atoms with Crippen molar-refractivity contribution >= 4 is 11.6 Å². The van der Waals surface area contributed by atoms with Gasteiger partial charge in [-0.05, 0) is 55.3 Å². The molecule has 0 saturated carbocycles. The lowest BCUT2D eigenvalue weighted by Crippen LogP contribution is -2.35. The predicted octanol–water partition coefficient (Wildman–Crippen LogP) is 3.19. The standard InChI is InChI=1S/C19H21FN2O2/c1-14-3-4-15(13-18(14)23)19(24)22-10-2-9-21(11-12-22)17-7-5-16(20)6-8-17/h3-8,13,23H,2,9-12H2,1H3. The Morgan fingerprint density at radius 1 is 1.04 bits per heavy atom. The molecule has 0 aliphatic carbocycles. The minimum Gasteiger partial charge on any atom is -0.508 e. The fourth-order valence-corrected chi connectivity index (χ4v) is 2.96. The van der Waals surface area contributed by atoms with E-state index in [1.54, 1.807) is 31.2 Å². The van der Waals surface area contributed by atoms with Gasteiger partial charge in [0.25, 0.3) is 5.91 Å². The molecule has 0 radical (unpaired) electrons. The first-order chi connectivity index (χ1) is 11.5. The minimum atomic E-state index is -0.246. The largest absolute Gasteiger partial charge is 0.508 e. The van der Waals surface area contributed by atoms with Crippen LogP contribution in [0.25, 0.3) is 0 Å². The summed E-state index contributed by atoms with van der Waals surface area (Å²) in [6.45, 7) is 4.61. The van der Waals surface area contributed by atoms with Crippen LogP contribution in [0.5, 0.6) is 5.75 Å². The highest BCUT2D eigenvalue weighted by Gasteiger charge is 2.21. The van der Waals surface area contributed by atoms with Crippen molar-refractivity contribution in [2.24, 2.45) is 0 Å². The van der Waals surface area contributed by atoms with Crippen molar-refractivity contribution in [2.45, 2.75) is 13.3 Å². The van der Waals surface area contributed by atoms with Gasteiger partial charge in [-0.15, -0.1) is 0 Å². The number of anilines is 1. The average molecular weight is 328 g/mol. The second-order valence-corrected chi connectivity index (χ2v) is 6.11. The number of hydrogen-bond donors (Lipinski definition) is 1. The number of rotatable bonds is 2. The van der Waals surface area contributed by atoms with Crippen LogP contribution in [0.4, 0.5) is 10.1 Å². The molecule has 2 aromatic rings. The molecule has 2 aromatic carbocycles. The number of benzene rings is 2. The fourth-order valence-electron chi connectivity index (χ4n) is 2.96. The van der Waals surface area contributed by atoms with E-state index < -0.39 is 0 Å². The van der Waals surface area contributed by atoms with Gasteiger partial charge in [0.15, 0.2) is 0 Å². The number of amides is 1. The number of phenolic OH excluding ortho intramolecular Hbond substituents is 1. The molecule has 0 atom stereocenters. The van der Waals surface area contributed by atoms with Crippen molar-refractivity contribution in [2.75, 3.05) is 31.1 Å². The maximum absolute atomic E-state index is 13.1. The Morgan fingerprint density at radius 2 is 1.79 bits per heavy atom. The van der Waals surface area contributed by atoms with Crippen molar-refractivity contribution in [3.8, 4) is 5.75 Å². The SMILES string of the molecule is Cc1ccc(C(=O)N2CCCN(c3ccc(F)cc3)CC2)cc1O. The van der Waals surface area contributed by atoms with Gasteiger partial charge in [0.1, 0.15) is 11.6 Å². The zero-order chi connectivity index (χ0) is 17.1. The lowest BCUT2D eigenvalue weighted by atomic mass is 10.1. The number of aromatic hydroxyl groups is 1. The van der Waals surface area contributed by atoms with E-state index in [4.69, 9.17) is 0 Å². The summed E-state index contributed by atoms with van der Waals surface area (Å²) in [5.74, 6) is -0.167. The number of hydrogen-bond acceptors (Lipinski definition) is 3. The van der Waals surface area contributed by atoms with E-state index in [0.717, 1.165) is 24.2 Å². The average Bonchev–Trinajstić information content (AvgIpc) is 2.83. The van der Waals surface area contributed by atoms with Crippen LogP contribution in [-0.2, 0) is 0 Å². The van der Waals surface area contributed by atoms with Gasteiger partial charge in [-0.1, -0.05) is 6.07 Å². The highest BCUT2D eigenvalue weighted by atomic mass is 19.1. The van der Waals surface area contributed by atoms with Crippen molar-refractivity contribution in [1.29, 1.82) is 0 Å². The third-order valence-electron chi connectivity index (χ3n) is 4.43. The topological polar surface area (TPSA) is 43.8 Å². The molecule has 1 amide bonds. The second kappa shape index (κ2) is 6.91. The molecule has 0 aromatic heterocycles. The summed E-state index contributed by atoms with van der Waals surface area (Å²) in [6, 6.07) is 11.5. The molecule has 3 rings (SSSR count). The lowest BCUT2D eigenvalue weighted by molar-refractivity contribution is 0.0766. The molecule has 0 bridgehead atoms. The Balaban J connectivity index is 1.69. The normalized spacial score (nSPS) is 15.2. The first-order valence-electron chi connectivity index (χ1n) is 8.14. The van der Waals surface area contributed by atoms with Gasteiger partial charge < -0.3 is 14.9 Å². The number of aryl methyl sites for hydroxylation is 1. The van der Waals surface area contributed by atoms with E-state index in [-0.39, 0.29) is 17.5 Å². The Kier molecular flexibility index (Phi) is 4.69. The Bertz CT molecular complexity index is 731. The van der Waals surface area contributed by atoms with Crippen LogP contribution in [-0.4, -0.2) is 42.1 Å². The summed E-state index contributed by atoms with van der Waals surface area (Å²) in [6.07, 6.45) is 0.848. The van der Waals surface area contributed by atoms with E-state index in [2.05, 4.69) is 4.90 Å².